The molecule has 0 bridgehead atoms. The Bertz CT molecular complexity index is 790. The summed E-state index contributed by atoms with van der Waals surface area (Å²) in [5.41, 5.74) is 0.311. The molecule has 116 valence electrons. The molecule has 0 aromatic heterocycles. The summed E-state index contributed by atoms with van der Waals surface area (Å²) in [5.74, 6) is -0.415. The van der Waals surface area contributed by atoms with Crippen LogP contribution in [0.4, 0.5) is 5.69 Å². The monoisotopic (exact) mass is 357 g/mol. The molecule has 2 rings (SSSR count). The van der Waals surface area contributed by atoms with Crippen LogP contribution in [-0.2, 0) is 14.6 Å². The number of carbonyl (C=O) groups excluding carboxylic acids is 1. The molecule has 22 heavy (non-hydrogen) atoms. The molecule has 4 nitrogen and oxygen atoms in total. The van der Waals surface area contributed by atoms with Crippen LogP contribution in [0.5, 0.6) is 0 Å². The van der Waals surface area contributed by atoms with Crippen molar-refractivity contribution < 1.29 is 13.2 Å². The average molecular weight is 358 g/mol. The summed E-state index contributed by atoms with van der Waals surface area (Å²) < 4.78 is 24.9. The highest BCUT2D eigenvalue weighted by Gasteiger charge is 2.19. The second-order valence-electron chi connectivity index (χ2n) is 4.56. The molecule has 7 heteroatoms. The first kappa shape index (κ1) is 16.8. The lowest BCUT2D eigenvalue weighted by Gasteiger charge is -2.10. The lowest BCUT2D eigenvalue weighted by atomic mass is 10.3. The highest BCUT2D eigenvalue weighted by atomic mass is 35.5. The Hall–Kier alpha value is -1.56. The third kappa shape index (κ3) is 3.61. The molecule has 0 radical (unpaired) electrons. The molecule has 0 aliphatic heterocycles. The van der Waals surface area contributed by atoms with Gasteiger partial charge in [-0.1, -0.05) is 29.8 Å². The van der Waals surface area contributed by atoms with Crippen molar-refractivity contribution in [1.29, 1.82) is 0 Å². The molecule has 0 spiro atoms. The highest BCUT2D eigenvalue weighted by molar-refractivity contribution is 7.91. The van der Waals surface area contributed by atoms with Gasteiger partial charge in [0, 0.05) is 0 Å². The zero-order chi connectivity index (χ0) is 16.3. The van der Waals surface area contributed by atoms with Gasteiger partial charge in [0.15, 0.2) is 0 Å². The molecule has 1 unspecified atom stereocenters. The molecule has 0 aliphatic rings. The normalized spacial score (nSPS) is 12.7. The second kappa shape index (κ2) is 6.69. The minimum Gasteiger partial charge on any atom is -0.323 e. The van der Waals surface area contributed by atoms with Gasteiger partial charge in [0.1, 0.15) is 5.38 Å². The fourth-order valence-electron chi connectivity index (χ4n) is 1.73. The van der Waals surface area contributed by atoms with Crippen LogP contribution in [0.15, 0.2) is 58.3 Å². The number of alkyl halides is 1. The van der Waals surface area contributed by atoms with Gasteiger partial charge in [-0.2, -0.15) is 0 Å². The van der Waals surface area contributed by atoms with Gasteiger partial charge < -0.3 is 5.32 Å². The van der Waals surface area contributed by atoms with Gasteiger partial charge in [0.25, 0.3) is 0 Å². The van der Waals surface area contributed by atoms with E-state index in [2.05, 4.69) is 5.32 Å². The summed E-state index contributed by atoms with van der Waals surface area (Å²) in [4.78, 5) is 11.8. The number of halogens is 2. The number of sulfone groups is 1. The van der Waals surface area contributed by atoms with E-state index in [9.17, 15) is 13.2 Å². The van der Waals surface area contributed by atoms with Gasteiger partial charge in [0.2, 0.25) is 15.7 Å². The first-order valence-corrected chi connectivity index (χ1v) is 8.67. The quantitative estimate of drug-likeness (QED) is 0.847. The molecule has 0 saturated heterocycles. The third-order valence-corrected chi connectivity index (χ3v) is 5.20. The summed E-state index contributed by atoms with van der Waals surface area (Å²) in [6, 6.07) is 12.2. The zero-order valence-corrected chi connectivity index (χ0v) is 13.9. The predicted molar refractivity (Wildman–Crippen MR) is 87.3 cm³/mol. The molecular formula is C15H13Cl2NO3S. The highest BCUT2D eigenvalue weighted by Crippen LogP contribution is 2.28. The van der Waals surface area contributed by atoms with Gasteiger partial charge in [0.05, 0.1) is 20.5 Å². The van der Waals surface area contributed by atoms with Crippen molar-refractivity contribution in [1.82, 2.24) is 0 Å². The smallest absolute Gasteiger partial charge is 0.242 e. The van der Waals surface area contributed by atoms with Crippen molar-refractivity contribution in [3.8, 4) is 0 Å². The third-order valence-electron chi connectivity index (χ3n) is 2.92. The SMILES string of the molecule is CC(Cl)C(=O)Nc1ccc(S(=O)(=O)c2ccccc2)cc1Cl. The van der Waals surface area contributed by atoms with E-state index in [0.717, 1.165) is 0 Å². The van der Waals surface area contributed by atoms with Crippen LogP contribution >= 0.6 is 23.2 Å². The Kier molecular flexibility index (Phi) is 5.11. The summed E-state index contributed by atoms with van der Waals surface area (Å²) in [6.45, 7) is 1.53. The van der Waals surface area contributed by atoms with E-state index in [1.54, 1.807) is 18.2 Å². The average Bonchev–Trinajstić information content (AvgIpc) is 2.49. The molecule has 1 atom stereocenters. The van der Waals surface area contributed by atoms with E-state index in [1.807, 2.05) is 0 Å². The molecule has 1 N–H and O–H groups in total. The minimum absolute atomic E-state index is 0.0561. The lowest BCUT2D eigenvalue weighted by Crippen LogP contribution is -2.20. The van der Waals surface area contributed by atoms with Gasteiger partial charge in [-0.15, -0.1) is 11.6 Å². The Labute approximate surface area is 139 Å². The van der Waals surface area contributed by atoms with Crippen LogP contribution in [0, 0.1) is 0 Å². The maximum Gasteiger partial charge on any atom is 0.242 e. The topological polar surface area (TPSA) is 63.2 Å². The second-order valence-corrected chi connectivity index (χ2v) is 7.57. The lowest BCUT2D eigenvalue weighted by molar-refractivity contribution is -0.115. The Balaban J connectivity index is 2.36. The van der Waals surface area contributed by atoms with E-state index in [4.69, 9.17) is 23.2 Å². The van der Waals surface area contributed by atoms with Crippen molar-refractivity contribution in [3.63, 3.8) is 0 Å². The fraction of sp³-hybridized carbons (Fsp3) is 0.133. The van der Waals surface area contributed by atoms with Crippen LogP contribution in [0.3, 0.4) is 0 Å². The molecule has 2 aromatic carbocycles. The molecule has 2 aromatic rings. The largest absolute Gasteiger partial charge is 0.323 e. The maximum atomic E-state index is 12.5. The van der Waals surface area contributed by atoms with E-state index in [0.29, 0.717) is 5.69 Å². The van der Waals surface area contributed by atoms with E-state index < -0.39 is 21.1 Å². The van der Waals surface area contributed by atoms with Crippen LogP contribution in [0.25, 0.3) is 0 Å². The Morgan fingerprint density at radius 1 is 1.09 bits per heavy atom. The van der Waals surface area contributed by atoms with E-state index in [1.165, 1.54) is 37.3 Å². The van der Waals surface area contributed by atoms with E-state index in [-0.39, 0.29) is 14.8 Å². The predicted octanol–water partition coefficient (Wildman–Crippen LogP) is 3.74. The summed E-state index contributed by atoms with van der Waals surface area (Å²) in [7, 11) is -3.65. The van der Waals surface area contributed by atoms with Gasteiger partial charge in [-0.05, 0) is 37.3 Å². The van der Waals surface area contributed by atoms with Crippen molar-refractivity contribution in [3.05, 3.63) is 53.6 Å². The zero-order valence-electron chi connectivity index (χ0n) is 11.6. The van der Waals surface area contributed by atoms with E-state index >= 15 is 0 Å². The number of hydrogen-bond acceptors (Lipinski definition) is 3. The molecule has 1 amide bonds. The number of carbonyl (C=O) groups is 1. The van der Waals surface area contributed by atoms with Crippen LogP contribution in [0.2, 0.25) is 5.02 Å². The molecule has 0 heterocycles. The number of anilines is 1. The number of benzene rings is 2. The Morgan fingerprint density at radius 2 is 1.73 bits per heavy atom. The van der Waals surface area contributed by atoms with Gasteiger partial charge in [-0.25, -0.2) is 8.42 Å². The van der Waals surface area contributed by atoms with Crippen molar-refractivity contribution in [2.75, 3.05) is 5.32 Å². The Morgan fingerprint density at radius 3 is 2.27 bits per heavy atom. The molecular weight excluding hydrogens is 345 g/mol. The summed E-state index contributed by atoms with van der Waals surface area (Å²) in [6.07, 6.45) is 0. The van der Waals surface area contributed by atoms with Crippen LogP contribution in [-0.4, -0.2) is 19.7 Å². The molecule has 0 saturated carbocycles. The number of nitrogens with one attached hydrogen (secondary N) is 1. The fourth-order valence-corrected chi connectivity index (χ4v) is 3.39. The van der Waals surface area contributed by atoms with Crippen LogP contribution < -0.4 is 5.32 Å². The number of amides is 1. The standard InChI is InChI=1S/C15H13Cl2NO3S/c1-10(16)15(19)18-14-8-7-12(9-13(14)17)22(20,21)11-5-3-2-4-6-11/h2-10H,1H3,(H,18,19). The number of hydrogen-bond donors (Lipinski definition) is 1. The van der Waals surface area contributed by atoms with Crippen molar-refractivity contribution in [2.45, 2.75) is 22.1 Å². The first-order valence-electron chi connectivity index (χ1n) is 6.37. The first-order chi connectivity index (χ1) is 10.3. The minimum atomic E-state index is -3.65. The van der Waals surface area contributed by atoms with Crippen molar-refractivity contribution in [2.24, 2.45) is 0 Å². The number of rotatable bonds is 4. The molecule has 0 fully saturated rings. The van der Waals surface area contributed by atoms with Gasteiger partial charge in [-0.3, -0.25) is 4.79 Å². The van der Waals surface area contributed by atoms with Gasteiger partial charge >= 0.3 is 0 Å². The van der Waals surface area contributed by atoms with Crippen molar-refractivity contribution >= 4 is 44.6 Å². The maximum absolute atomic E-state index is 12.5. The molecule has 0 aliphatic carbocycles. The summed E-state index contributed by atoms with van der Waals surface area (Å²) >= 11 is 11.7. The van der Waals surface area contributed by atoms with Crippen LogP contribution in [0.1, 0.15) is 6.92 Å². The summed E-state index contributed by atoms with van der Waals surface area (Å²) in [5, 5.41) is 1.94.